The van der Waals surface area contributed by atoms with Gasteiger partial charge in [-0.1, -0.05) is 70.6 Å². The van der Waals surface area contributed by atoms with E-state index in [1.54, 1.807) is 12.1 Å². The first kappa shape index (κ1) is 24.0. The molecule has 0 aliphatic rings. The number of carbonyl (C=O) groups is 1. The molecule has 1 aromatic heterocycles. The average molecular weight is 437 g/mol. The number of para-hydroxylation sites is 1. The molecule has 1 heterocycles. The highest BCUT2D eigenvalue weighted by Gasteiger charge is 2.20. The fourth-order valence-corrected chi connectivity index (χ4v) is 4.33. The molecule has 4 heteroatoms. The molecule has 0 spiro atoms. The van der Waals surface area contributed by atoms with Crippen LogP contribution in [0, 0.1) is 5.82 Å². The van der Waals surface area contributed by atoms with Crippen molar-refractivity contribution in [1.82, 2.24) is 9.88 Å². The summed E-state index contributed by atoms with van der Waals surface area (Å²) in [6.07, 6.45) is 9.68. The molecule has 3 aromatic rings. The minimum atomic E-state index is -0.257. The zero-order chi connectivity index (χ0) is 22.8. The van der Waals surface area contributed by atoms with Gasteiger partial charge in [0.25, 0.3) is 0 Å². The third-order valence-electron chi connectivity index (χ3n) is 6.19. The van der Waals surface area contributed by atoms with E-state index in [2.05, 4.69) is 29.8 Å². The smallest absolute Gasteiger partial charge is 0.227 e. The van der Waals surface area contributed by atoms with Crippen molar-refractivity contribution in [3.05, 3.63) is 59.9 Å². The quantitative estimate of drug-likeness (QED) is 0.277. The van der Waals surface area contributed by atoms with Crippen molar-refractivity contribution in [3.8, 4) is 11.3 Å². The Balaban J connectivity index is 1.81. The topological polar surface area (TPSA) is 36.1 Å². The summed E-state index contributed by atoms with van der Waals surface area (Å²) < 4.78 is 13.5. The highest BCUT2D eigenvalue weighted by molar-refractivity contribution is 5.95. The van der Waals surface area contributed by atoms with Crippen LogP contribution in [0.2, 0.25) is 0 Å². The van der Waals surface area contributed by atoms with Crippen molar-refractivity contribution in [2.75, 3.05) is 13.1 Å². The van der Waals surface area contributed by atoms with E-state index >= 15 is 0 Å². The van der Waals surface area contributed by atoms with E-state index in [-0.39, 0.29) is 11.7 Å². The number of hydrogen-bond donors (Lipinski definition) is 1. The second kappa shape index (κ2) is 12.4. The maximum Gasteiger partial charge on any atom is 0.227 e. The van der Waals surface area contributed by atoms with Crippen LogP contribution in [0.1, 0.15) is 70.8 Å². The van der Waals surface area contributed by atoms with Crippen molar-refractivity contribution in [2.45, 2.75) is 71.6 Å². The van der Waals surface area contributed by atoms with Crippen LogP contribution in [-0.4, -0.2) is 28.9 Å². The van der Waals surface area contributed by atoms with Crippen molar-refractivity contribution >= 4 is 16.8 Å². The third kappa shape index (κ3) is 6.44. The Morgan fingerprint density at radius 2 is 1.47 bits per heavy atom. The number of benzene rings is 2. The number of aromatic amines is 1. The number of rotatable bonds is 13. The van der Waals surface area contributed by atoms with Gasteiger partial charge in [0.05, 0.1) is 12.1 Å². The van der Waals surface area contributed by atoms with Gasteiger partial charge in [-0.2, -0.15) is 0 Å². The summed E-state index contributed by atoms with van der Waals surface area (Å²) in [5.74, 6) is -0.0719. The molecule has 0 fully saturated rings. The fraction of sp³-hybridized carbons (Fsp3) is 0.464. The maximum atomic E-state index is 13.5. The number of fused-ring (bicyclic) bond motifs is 1. The Kier molecular flexibility index (Phi) is 9.33. The SMILES string of the molecule is CCCCCCCN(CCCCC)C(=O)Cc1c(-c2ccc(F)cc2)[nH]c2ccccc12. The predicted octanol–water partition coefficient (Wildman–Crippen LogP) is 7.51. The zero-order valence-corrected chi connectivity index (χ0v) is 19.6. The lowest BCUT2D eigenvalue weighted by Crippen LogP contribution is -2.34. The fourth-order valence-electron chi connectivity index (χ4n) is 4.33. The van der Waals surface area contributed by atoms with Crippen molar-refractivity contribution in [1.29, 1.82) is 0 Å². The van der Waals surface area contributed by atoms with Gasteiger partial charge in [-0.25, -0.2) is 4.39 Å². The van der Waals surface area contributed by atoms with Gasteiger partial charge in [-0.15, -0.1) is 0 Å². The first-order valence-electron chi connectivity index (χ1n) is 12.3. The number of carbonyl (C=O) groups excluding carboxylic acids is 1. The molecule has 0 aliphatic carbocycles. The molecule has 0 unspecified atom stereocenters. The highest BCUT2D eigenvalue weighted by Crippen LogP contribution is 2.31. The standard InChI is InChI=1S/C28H37FN2O/c1-3-5-7-8-12-20-31(19-11-6-4-2)27(32)21-25-24-13-9-10-14-26(24)30-28(25)22-15-17-23(29)18-16-22/h9-10,13-18,30H,3-8,11-12,19-21H2,1-2H3. The average Bonchev–Trinajstić information content (AvgIpc) is 3.16. The van der Waals surface area contributed by atoms with Gasteiger partial charge in [0.1, 0.15) is 5.82 Å². The van der Waals surface area contributed by atoms with E-state index in [4.69, 9.17) is 0 Å². The summed E-state index contributed by atoms with van der Waals surface area (Å²) in [5, 5.41) is 1.07. The normalized spacial score (nSPS) is 11.2. The minimum Gasteiger partial charge on any atom is -0.354 e. The summed E-state index contributed by atoms with van der Waals surface area (Å²) in [7, 11) is 0. The molecule has 0 atom stereocenters. The molecule has 1 amide bonds. The predicted molar refractivity (Wildman–Crippen MR) is 132 cm³/mol. The maximum absolute atomic E-state index is 13.5. The first-order chi connectivity index (χ1) is 15.6. The van der Waals surface area contributed by atoms with E-state index in [9.17, 15) is 9.18 Å². The second-order valence-electron chi connectivity index (χ2n) is 8.71. The van der Waals surface area contributed by atoms with Crippen LogP contribution in [0.15, 0.2) is 48.5 Å². The molecule has 0 aliphatic heterocycles. The van der Waals surface area contributed by atoms with Crippen molar-refractivity contribution in [2.24, 2.45) is 0 Å². The van der Waals surface area contributed by atoms with E-state index in [0.29, 0.717) is 6.42 Å². The lowest BCUT2D eigenvalue weighted by atomic mass is 10.0. The molecular formula is C28H37FN2O. The third-order valence-corrected chi connectivity index (χ3v) is 6.19. The number of nitrogens with zero attached hydrogens (tertiary/aromatic N) is 1. The number of halogens is 1. The molecule has 172 valence electrons. The van der Waals surface area contributed by atoms with Gasteiger partial charge >= 0.3 is 0 Å². The van der Waals surface area contributed by atoms with E-state index in [1.807, 2.05) is 18.2 Å². The zero-order valence-electron chi connectivity index (χ0n) is 19.6. The molecule has 3 nitrogen and oxygen atoms in total. The van der Waals surface area contributed by atoms with Crippen molar-refractivity contribution < 1.29 is 9.18 Å². The van der Waals surface area contributed by atoms with Crippen molar-refractivity contribution in [3.63, 3.8) is 0 Å². The Morgan fingerprint density at radius 3 is 2.19 bits per heavy atom. The van der Waals surface area contributed by atoms with Crippen LogP contribution >= 0.6 is 0 Å². The van der Waals surface area contributed by atoms with Crippen LogP contribution in [0.4, 0.5) is 4.39 Å². The summed E-state index contributed by atoms with van der Waals surface area (Å²) in [4.78, 5) is 19.0. The molecule has 3 rings (SSSR count). The Morgan fingerprint density at radius 1 is 0.844 bits per heavy atom. The molecule has 0 saturated heterocycles. The largest absolute Gasteiger partial charge is 0.354 e. The Hall–Kier alpha value is -2.62. The number of H-pyrrole nitrogens is 1. The van der Waals surface area contributed by atoms with E-state index < -0.39 is 0 Å². The van der Waals surface area contributed by atoms with Crippen LogP contribution < -0.4 is 0 Å². The Labute approximate surface area is 192 Å². The molecule has 32 heavy (non-hydrogen) atoms. The highest BCUT2D eigenvalue weighted by atomic mass is 19.1. The number of unbranched alkanes of at least 4 members (excludes halogenated alkanes) is 6. The molecule has 0 radical (unpaired) electrons. The number of aromatic nitrogens is 1. The second-order valence-corrected chi connectivity index (χ2v) is 8.71. The van der Waals surface area contributed by atoms with Crippen LogP contribution in [0.25, 0.3) is 22.2 Å². The number of hydrogen-bond acceptors (Lipinski definition) is 1. The number of amides is 1. The number of nitrogens with one attached hydrogen (secondary N) is 1. The van der Waals surface area contributed by atoms with Crippen LogP contribution in [-0.2, 0) is 11.2 Å². The van der Waals surface area contributed by atoms with Crippen LogP contribution in [0.5, 0.6) is 0 Å². The van der Waals surface area contributed by atoms with E-state index in [1.165, 1.54) is 37.8 Å². The van der Waals surface area contributed by atoms with Gasteiger partial charge in [0.15, 0.2) is 0 Å². The minimum absolute atomic E-state index is 0.185. The lowest BCUT2D eigenvalue weighted by Gasteiger charge is -2.23. The van der Waals surface area contributed by atoms with Crippen LogP contribution in [0.3, 0.4) is 0 Å². The summed E-state index contributed by atoms with van der Waals surface area (Å²) in [6, 6.07) is 14.6. The van der Waals surface area contributed by atoms with E-state index in [0.717, 1.165) is 66.5 Å². The van der Waals surface area contributed by atoms with Gasteiger partial charge in [0, 0.05) is 24.0 Å². The molecule has 0 saturated carbocycles. The van der Waals surface area contributed by atoms with Gasteiger partial charge < -0.3 is 9.88 Å². The first-order valence-corrected chi connectivity index (χ1v) is 12.3. The molecule has 1 N–H and O–H groups in total. The summed E-state index contributed by atoms with van der Waals surface area (Å²) in [6.45, 7) is 6.08. The van der Waals surface area contributed by atoms with Gasteiger partial charge in [-0.05, 0) is 54.3 Å². The summed E-state index contributed by atoms with van der Waals surface area (Å²) >= 11 is 0. The molecule has 0 bridgehead atoms. The Bertz CT molecular complexity index is 977. The van der Waals surface area contributed by atoms with Gasteiger partial charge in [-0.3, -0.25) is 4.79 Å². The monoisotopic (exact) mass is 436 g/mol. The molecule has 2 aromatic carbocycles. The molecular weight excluding hydrogens is 399 g/mol. The lowest BCUT2D eigenvalue weighted by molar-refractivity contribution is -0.130. The van der Waals surface area contributed by atoms with Gasteiger partial charge in [0.2, 0.25) is 5.91 Å². The summed E-state index contributed by atoms with van der Waals surface area (Å²) in [5.41, 5.74) is 3.83.